The Morgan fingerprint density at radius 2 is 1.45 bits per heavy atom. The minimum Gasteiger partial charge on any atom is -0.229 e. The van der Waals surface area contributed by atoms with Crippen molar-refractivity contribution in [2.45, 2.75) is 0 Å². The number of amidine groups is 1. The number of hydrogen-bond acceptors (Lipinski definition) is 5. The van der Waals surface area contributed by atoms with Gasteiger partial charge in [-0.15, -0.1) is 27.6 Å². The van der Waals surface area contributed by atoms with Crippen molar-refractivity contribution in [3.63, 3.8) is 0 Å². The van der Waals surface area contributed by atoms with Gasteiger partial charge in [0.05, 0.1) is 11.4 Å². The topological polar surface area (TPSA) is 54.7 Å². The van der Waals surface area contributed by atoms with Crippen molar-refractivity contribution in [2.24, 2.45) is 5.10 Å². The van der Waals surface area contributed by atoms with Crippen LogP contribution in [0.15, 0.2) is 65.8 Å². The average molecular weight is 330 g/mol. The molecule has 1 aliphatic rings. The molecule has 3 rings (SSSR count). The van der Waals surface area contributed by atoms with Crippen LogP contribution in [0.25, 0.3) is 0 Å². The molecule has 1 heterocycles. The van der Waals surface area contributed by atoms with E-state index in [1.54, 1.807) is 10.1 Å². The molecule has 6 heteroatoms. The maximum Gasteiger partial charge on any atom is 0.249 e. The molecular weight excluding hydrogens is 318 g/mol. The van der Waals surface area contributed by atoms with Gasteiger partial charge >= 0.3 is 0 Å². The van der Waals surface area contributed by atoms with E-state index >= 15 is 0 Å². The lowest BCUT2D eigenvalue weighted by Gasteiger charge is -2.20. The molecule has 0 aromatic heterocycles. The summed E-state index contributed by atoms with van der Waals surface area (Å²) in [6.45, 7) is 0. The van der Waals surface area contributed by atoms with Crippen molar-refractivity contribution in [2.75, 3.05) is 10.1 Å². The minimum absolute atomic E-state index is 0. The second kappa shape index (κ2) is 6.19. The van der Waals surface area contributed by atoms with Crippen LogP contribution in [0.2, 0.25) is 0 Å². The Morgan fingerprint density at radius 1 is 0.900 bits per heavy atom. The van der Waals surface area contributed by atoms with Gasteiger partial charge in [0.1, 0.15) is 6.07 Å². The minimum atomic E-state index is 0. The first kappa shape index (κ1) is 14.1. The van der Waals surface area contributed by atoms with Crippen LogP contribution in [0.5, 0.6) is 0 Å². The lowest BCUT2D eigenvalue weighted by Crippen LogP contribution is -2.43. The van der Waals surface area contributed by atoms with Gasteiger partial charge in [-0.1, -0.05) is 36.4 Å². The molecule has 0 bridgehead atoms. The summed E-state index contributed by atoms with van der Waals surface area (Å²) in [5.41, 5.74) is 4.80. The van der Waals surface area contributed by atoms with Gasteiger partial charge in [-0.3, -0.25) is 0 Å². The van der Waals surface area contributed by atoms with E-state index in [1.165, 1.54) is 0 Å². The van der Waals surface area contributed by atoms with Gasteiger partial charge in [0.2, 0.25) is 5.84 Å². The number of anilines is 2. The number of rotatable bonds is 2. The lowest BCUT2D eigenvalue weighted by molar-refractivity contribution is 0.719. The van der Waals surface area contributed by atoms with Crippen LogP contribution in [-0.4, -0.2) is 5.84 Å². The predicted molar refractivity (Wildman–Crippen MR) is 84.3 cm³/mol. The molecule has 100 valence electrons. The van der Waals surface area contributed by atoms with E-state index < -0.39 is 0 Å². The molecule has 0 aliphatic carbocycles. The summed E-state index contributed by atoms with van der Waals surface area (Å²) in [6.07, 6.45) is 0. The summed E-state index contributed by atoms with van der Waals surface area (Å²) in [5, 5.41) is 16.6. The van der Waals surface area contributed by atoms with Crippen LogP contribution in [0.1, 0.15) is 0 Å². The van der Waals surface area contributed by atoms with E-state index in [0.29, 0.717) is 5.84 Å². The molecule has 1 aliphatic heterocycles. The molecule has 2 aromatic rings. The highest BCUT2D eigenvalue weighted by molar-refractivity contribution is 8.93. The molecule has 0 saturated carbocycles. The lowest BCUT2D eigenvalue weighted by atomic mass is 10.3. The number of benzene rings is 2. The van der Waals surface area contributed by atoms with E-state index in [2.05, 4.69) is 16.7 Å². The molecule has 0 saturated heterocycles. The highest BCUT2D eigenvalue weighted by atomic mass is 79.9. The molecule has 5 nitrogen and oxygen atoms in total. The number of hydrazine groups is 2. The van der Waals surface area contributed by atoms with Gasteiger partial charge in [0.25, 0.3) is 0 Å². The Balaban J connectivity index is 0.00000147. The first-order valence-electron chi connectivity index (χ1n) is 5.84. The summed E-state index contributed by atoms with van der Waals surface area (Å²) in [4.78, 5) is 0. The smallest absolute Gasteiger partial charge is 0.229 e. The third kappa shape index (κ3) is 2.64. The summed E-state index contributed by atoms with van der Waals surface area (Å²) < 4.78 is 0. The van der Waals surface area contributed by atoms with Crippen LogP contribution < -0.4 is 15.7 Å². The van der Waals surface area contributed by atoms with Gasteiger partial charge in [0, 0.05) is 0 Å². The predicted octanol–water partition coefficient (Wildman–Crippen LogP) is 2.85. The number of para-hydroxylation sites is 2. The molecule has 0 atom stereocenters. The first-order valence-corrected chi connectivity index (χ1v) is 5.84. The largest absolute Gasteiger partial charge is 0.249 e. The molecule has 0 spiro atoms. The first-order chi connectivity index (χ1) is 9.38. The third-order valence-corrected chi connectivity index (χ3v) is 2.72. The van der Waals surface area contributed by atoms with Crippen molar-refractivity contribution in [1.82, 2.24) is 5.53 Å². The van der Waals surface area contributed by atoms with Crippen LogP contribution >= 0.6 is 17.0 Å². The molecule has 20 heavy (non-hydrogen) atoms. The van der Waals surface area contributed by atoms with Crippen molar-refractivity contribution >= 4 is 34.2 Å². The second-order valence-electron chi connectivity index (χ2n) is 3.95. The Bertz CT molecular complexity index is 636. The normalized spacial score (nSPS) is 13.4. The van der Waals surface area contributed by atoms with Crippen molar-refractivity contribution in [3.8, 4) is 6.07 Å². The molecular formula is C14H12BrN5. The van der Waals surface area contributed by atoms with Gasteiger partial charge in [0.15, 0.2) is 0 Å². The highest BCUT2D eigenvalue weighted by Gasteiger charge is 2.24. The zero-order valence-electron chi connectivity index (χ0n) is 10.5. The van der Waals surface area contributed by atoms with E-state index in [-0.39, 0.29) is 17.0 Å². The van der Waals surface area contributed by atoms with Crippen molar-refractivity contribution < 1.29 is 0 Å². The molecule has 0 amide bonds. The number of nitrogens with zero attached hydrogens (tertiary/aromatic N) is 4. The van der Waals surface area contributed by atoms with Gasteiger partial charge < -0.3 is 0 Å². The number of nitriles is 1. The van der Waals surface area contributed by atoms with Crippen LogP contribution in [-0.2, 0) is 0 Å². The Kier molecular flexibility index (Phi) is 4.35. The van der Waals surface area contributed by atoms with E-state index in [4.69, 9.17) is 0 Å². The quantitative estimate of drug-likeness (QED) is 0.920. The molecule has 0 unspecified atom stereocenters. The third-order valence-electron chi connectivity index (χ3n) is 2.72. The second-order valence-corrected chi connectivity index (χ2v) is 3.95. The van der Waals surface area contributed by atoms with Crippen LogP contribution in [0.3, 0.4) is 0 Å². The van der Waals surface area contributed by atoms with Crippen LogP contribution in [0, 0.1) is 11.3 Å². The van der Waals surface area contributed by atoms with Gasteiger partial charge in [-0.2, -0.15) is 10.4 Å². The van der Waals surface area contributed by atoms with E-state index in [9.17, 15) is 5.26 Å². The van der Waals surface area contributed by atoms with Crippen molar-refractivity contribution in [3.05, 3.63) is 60.7 Å². The summed E-state index contributed by atoms with van der Waals surface area (Å²) >= 11 is 0. The maximum absolute atomic E-state index is 9.17. The number of halogens is 1. The fraction of sp³-hybridized carbons (Fsp3) is 0. The summed E-state index contributed by atoms with van der Waals surface area (Å²) in [6, 6.07) is 21.3. The average Bonchev–Trinajstić information content (AvgIpc) is 2.93. The zero-order valence-corrected chi connectivity index (χ0v) is 12.2. The zero-order chi connectivity index (χ0) is 13.1. The number of hydrazone groups is 1. The number of hydrogen-bond donors (Lipinski definition) is 1. The van der Waals surface area contributed by atoms with Gasteiger partial charge in [-0.05, 0) is 24.3 Å². The summed E-state index contributed by atoms with van der Waals surface area (Å²) in [7, 11) is 0. The molecule has 1 N–H and O–H groups in total. The Hall–Kier alpha value is -2.36. The standard InChI is InChI=1S/C14H11N5.BrH/c15-11-14-16-19(13-9-5-2-6-10-13)17-18(14)12-7-3-1-4-8-12;/h1-10,17H;1H. The SMILES string of the molecule is Br.N#CC1=NN(c2ccccc2)NN1c1ccccc1. The summed E-state index contributed by atoms with van der Waals surface area (Å²) in [5.74, 6) is 0.301. The Labute approximate surface area is 127 Å². The monoisotopic (exact) mass is 329 g/mol. The fourth-order valence-electron chi connectivity index (χ4n) is 1.82. The highest BCUT2D eigenvalue weighted by Crippen LogP contribution is 2.20. The van der Waals surface area contributed by atoms with Crippen LogP contribution in [0.4, 0.5) is 11.4 Å². The molecule has 0 radical (unpaired) electrons. The van der Waals surface area contributed by atoms with Crippen molar-refractivity contribution in [1.29, 1.82) is 5.26 Å². The molecule has 0 fully saturated rings. The fourth-order valence-corrected chi connectivity index (χ4v) is 1.82. The van der Waals surface area contributed by atoms with Gasteiger partial charge in [-0.25, -0.2) is 5.01 Å². The number of nitrogens with one attached hydrogen (secondary N) is 1. The maximum atomic E-state index is 9.17. The van der Waals surface area contributed by atoms with E-state index in [0.717, 1.165) is 11.4 Å². The van der Waals surface area contributed by atoms with E-state index in [1.807, 2.05) is 60.7 Å². The molecule has 2 aromatic carbocycles. The Morgan fingerprint density at radius 3 is 2.00 bits per heavy atom.